The van der Waals surface area contributed by atoms with Gasteiger partial charge in [-0.05, 0) is 50.8 Å². The number of carbonyl (C=O) groups is 1. The minimum Gasteiger partial charge on any atom is -0.356 e. The molecule has 2 N–H and O–H groups in total. The fourth-order valence-electron chi connectivity index (χ4n) is 4.60. The Labute approximate surface area is 150 Å². The number of carbonyl (C=O) groups excluding carboxylic acids is 1. The lowest BCUT2D eigenvalue weighted by molar-refractivity contribution is 0.178. The minimum atomic E-state index is 0.0220. The zero-order valence-electron chi connectivity index (χ0n) is 14.9. The van der Waals surface area contributed by atoms with Crippen LogP contribution in [0.15, 0.2) is 24.4 Å². The SMILES string of the molecule is O=C(NC1CCN(c2ccccn2)CC1)N[C@@H]1CCN2CCCC[C@@H]12. The van der Waals surface area contributed by atoms with E-state index in [0.29, 0.717) is 12.1 Å². The summed E-state index contributed by atoms with van der Waals surface area (Å²) in [5, 5.41) is 6.45. The minimum absolute atomic E-state index is 0.0220. The Morgan fingerprint density at radius 2 is 1.88 bits per heavy atom. The first-order valence-electron chi connectivity index (χ1n) is 9.76. The van der Waals surface area contributed by atoms with Crippen molar-refractivity contribution in [3.05, 3.63) is 24.4 Å². The molecule has 2 atom stereocenters. The van der Waals surface area contributed by atoms with Gasteiger partial charge in [0.25, 0.3) is 0 Å². The monoisotopic (exact) mass is 343 g/mol. The van der Waals surface area contributed by atoms with Crippen molar-refractivity contribution in [2.45, 2.75) is 56.7 Å². The highest BCUT2D eigenvalue weighted by Crippen LogP contribution is 2.27. The number of aromatic nitrogens is 1. The zero-order chi connectivity index (χ0) is 17.1. The summed E-state index contributed by atoms with van der Waals surface area (Å²) in [6, 6.07) is 7.20. The standard InChI is InChI=1S/C19H29N5O/c25-19(22-16-9-14-23-11-4-2-5-17(16)23)21-15-7-12-24(13-8-15)18-6-1-3-10-20-18/h1,3,6,10,15-17H,2,4-5,7-9,11-14H2,(H2,21,22,25)/t16-,17+/m1/s1. The van der Waals surface area contributed by atoms with Gasteiger partial charge in [0, 0.05) is 44.0 Å². The van der Waals surface area contributed by atoms with E-state index in [0.717, 1.165) is 44.7 Å². The summed E-state index contributed by atoms with van der Waals surface area (Å²) >= 11 is 0. The molecule has 4 rings (SSSR count). The van der Waals surface area contributed by atoms with Gasteiger partial charge in [-0.15, -0.1) is 0 Å². The van der Waals surface area contributed by atoms with Gasteiger partial charge in [0.2, 0.25) is 0 Å². The van der Waals surface area contributed by atoms with Crippen molar-refractivity contribution >= 4 is 11.8 Å². The normalized spacial score (nSPS) is 27.8. The number of nitrogens with zero attached hydrogens (tertiary/aromatic N) is 3. The molecular formula is C19H29N5O. The van der Waals surface area contributed by atoms with Gasteiger partial charge in [0.15, 0.2) is 0 Å². The lowest BCUT2D eigenvalue weighted by Crippen LogP contribution is -2.53. The average Bonchev–Trinajstić information content (AvgIpc) is 3.06. The van der Waals surface area contributed by atoms with Crippen LogP contribution in [0.25, 0.3) is 0 Å². The van der Waals surface area contributed by atoms with Crippen molar-refractivity contribution in [2.24, 2.45) is 0 Å². The van der Waals surface area contributed by atoms with E-state index in [1.807, 2.05) is 18.3 Å². The van der Waals surface area contributed by atoms with Gasteiger partial charge < -0.3 is 15.5 Å². The van der Waals surface area contributed by atoms with Crippen LogP contribution >= 0.6 is 0 Å². The van der Waals surface area contributed by atoms with Crippen LogP contribution in [0.1, 0.15) is 38.5 Å². The summed E-state index contributed by atoms with van der Waals surface area (Å²) in [6.45, 7) is 4.23. The molecule has 6 heteroatoms. The number of urea groups is 1. The van der Waals surface area contributed by atoms with Crippen molar-refractivity contribution in [2.75, 3.05) is 31.1 Å². The molecule has 6 nitrogen and oxygen atoms in total. The number of fused-ring (bicyclic) bond motifs is 1. The summed E-state index contributed by atoms with van der Waals surface area (Å²) < 4.78 is 0. The largest absolute Gasteiger partial charge is 0.356 e. The summed E-state index contributed by atoms with van der Waals surface area (Å²) in [6.07, 6.45) is 8.72. The molecule has 0 bridgehead atoms. The van der Waals surface area contributed by atoms with E-state index in [9.17, 15) is 4.79 Å². The number of anilines is 1. The molecule has 0 aromatic carbocycles. The molecule has 2 amide bonds. The summed E-state index contributed by atoms with van der Waals surface area (Å²) in [4.78, 5) is 21.7. The predicted molar refractivity (Wildman–Crippen MR) is 98.8 cm³/mol. The number of amides is 2. The van der Waals surface area contributed by atoms with Crippen molar-refractivity contribution in [1.29, 1.82) is 0 Å². The molecule has 0 spiro atoms. The van der Waals surface area contributed by atoms with Crippen LogP contribution in [0.4, 0.5) is 10.6 Å². The fraction of sp³-hybridized carbons (Fsp3) is 0.684. The average molecular weight is 343 g/mol. The van der Waals surface area contributed by atoms with E-state index in [1.165, 1.54) is 25.8 Å². The van der Waals surface area contributed by atoms with Crippen molar-refractivity contribution in [3.63, 3.8) is 0 Å². The molecule has 0 aliphatic carbocycles. The number of pyridine rings is 1. The third-order valence-electron chi connectivity index (χ3n) is 5.98. The Bertz CT molecular complexity index is 572. The van der Waals surface area contributed by atoms with Gasteiger partial charge in [-0.3, -0.25) is 4.90 Å². The van der Waals surface area contributed by atoms with Gasteiger partial charge >= 0.3 is 6.03 Å². The lowest BCUT2D eigenvalue weighted by atomic mass is 9.99. The van der Waals surface area contributed by atoms with Crippen molar-refractivity contribution in [1.82, 2.24) is 20.5 Å². The van der Waals surface area contributed by atoms with E-state index in [-0.39, 0.29) is 12.1 Å². The van der Waals surface area contributed by atoms with Gasteiger partial charge in [0.05, 0.1) is 0 Å². The number of rotatable bonds is 3. The van der Waals surface area contributed by atoms with Crippen molar-refractivity contribution < 1.29 is 4.79 Å². The zero-order valence-corrected chi connectivity index (χ0v) is 14.9. The molecule has 3 fully saturated rings. The van der Waals surface area contributed by atoms with Crippen molar-refractivity contribution in [3.8, 4) is 0 Å². The molecule has 0 radical (unpaired) electrons. The summed E-state index contributed by atoms with van der Waals surface area (Å²) in [5.74, 6) is 1.04. The molecule has 136 valence electrons. The molecule has 3 aliphatic rings. The number of hydrogen-bond donors (Lipinski definition) is 2. The molecular weight excluding hydrogens is 314 g/mol. The molecule has 1 aromatic heterocycles. The summed E-state index contributed by atoms with van der Waals surface area (Å²) in [7, 11) is 0. The molecule has 0 saturated carbocycles. The Hall–Kier alpha value is -1.82. The van der Waals surface area contributed by atoms with E-state index < -0.39 is 0 Å². The molecule has 4 heterocycles. The number of piperidine rings is 2. The maximum absolute atomic E-state index is 12.4. The highest BCUT2D eigenvalue weighted by Gasteiger charge is 2.36. The van der Waals surface area contributed by atoms with Crippen LogP contribution in [-0.4, -0.2) is 60.2 Å². The highest BCUT2D eigenvalue weighted by atomic mass is 16.2. The van der Waals surface area contributed by atoms with Gasteiger partial charge in [-0.1, -0.05) is 12.5 Å². The van der Waals surface area contributed by atoms with Gasteiger partial charge in [0.1, 0.15) is 5.82 Å². The highest BCUT2D eigenvalue weighted by molar-refractivity contribution is 5.74. The number of nitrogens with one attached hydrogen (secondary N) is 2. The Morgan fingerprint density at radius 1 is 1.00 bits per heavy atom. The quantitative estimate of drug-likeness (QED) is 0.881. The second kappa shape index (κ2) is 7.60. The third kappa shape index (κ3) is 3.89. The molecule has 25 heavy (non-hydrogen) atoms. The second-order valence-corrected chi connectivity index (χ2v) is 7.56. The Balaban J connectivity index is 1.23. The maximum Gasteiger partial charge on any atom is 0.315 e. The molecule has 3 aliphatic heterocycles. The van der Waals surface area contributed by atoms with Crippen LogP contribution in [0.3, 0.4) is 0 Å². The third-order valence-corrected chi connectivity index (χ3v) is 5.98. The van der Waals surface area contributed by atoms with Crippen LogP contribution in [0.2, 0.25) is 0 Å². The lowest BCUT2D eigenvalue weighted by Gasteiger charge is -2.34. The van der Waals surface area contributed by atoms with Crippen LogP contribution in [0.5, 0.6) is 0 Å². The van der Waals surface area contributed by atoms with E-state index >= 15 is 0 Å². The van der Waals surface area contributed by atoms with E-state index in [2.05, 4.69) is 31.5 Å². The Morgan fingerprint density at radius 3 is 2.68 bits per heavy atom. The topological polar surface area (TPSA) is 60.5 Å². The first kappa shape index (κ1) is 16.6. The van der Waals surface area contributed by atoms with Gasteiger partial charge in [-0.2, -0.15) is 0 Å². The van der Waals surface area contributed by atoms with E-state index in [4.69, 9.17) is 0 Å². The molecule has 1 aromatic rings. The Kier molecular flexibility index (Phi) is 5.06. The first-order valence-corrected chi connectivity index (χ1v) is 9.76. The van der Waals surface area contributed by atoms with E-state index in [1.54, 1.807) is 0 Å². The maximum atomic E-state index is 12.4. The second-order valence-electron chi connectivity index (χ2n) is 7.56. The first-order chi connectivity index (χ1) is 12.3. The fourth-order valence-corrected chi connectivity index (χ4v) is 4.60. The molecule has 0 unspecified atom stereocenters. The number of hydrogen-bond acceptors (Lipinski definition) is 4. The molecule has 3 saturated heterocycles. The smallest absolute Gasteiger partial charge is 0.315 e. The van der Waals surface area contributed by atoms with Crippen LogP contribution < -0.4 is 15.5 Å². The van der Waals surface area contributed by atoms with Crippen LogP contribution in [-0.2, 0) is 0 Å². The van der Waals surface area contributed by atoms with Crippen LogP contribution in [0, 0.1) is 0 Å². The van der Waals surface area contributed by atoms with Gasteiger partial charge in [-0.25, -0.2) is 9.78 Å². The predicted octanol–water partition coefficient (Wildman–Crippen LogP) is 1.98. The summed E-state index contributed by atoms with van der Waals surface area (Å²) in [5.41, 5.74) is 0.